The van der Waals surface area contributed by atoms with Crippen molar-refractivity contribution >= 4 is 12.7 Å². The summed E-state index contributed by atoms with van der Waals surface area (Å²) in [5.41, 5.74) is 3.86. The zero-order chi connectivity index (χ0) is 17.6. The van der Waals surface area contributed by atoms with Crippen LogP contribution in [0.1, 0.15) is 25.8 Å². The summed E-state index contributed by atoms with van der Waals surface area (Å²) >= 11 is 0. The molecule has 1 aromatic heterocycles. The Hall–Kier alpha value is -2.47. The Balaban J connectivity index is 1.90. The van der Waals surface area contributed by atoms with Crippen molar-refractivity contribution in [1.29, 1.82) is 0 Å². The van der Waals surface area contributed by atoms with Gasteiger partial charge in [0.05, 0.1) is 19.5 Å². The Labute approximate surface area is 148 Å². The Bertz CT molecular complexity index is 763. The molecule has 2 aromatic rings. The van der Waals surface area contributed by atoms with Crippen LogP contribution in [0.2, 0.25) is 6.32 Å². The quantitative estimate of drug-likeness (QED) is 0.778. The first-order valence-corrected chi connectivity index (χ1v) is 8.59. The van der Waals surface area contributed by atoms with Crippen LogP contribution in [0.4, 0.5) is 0 Å². The van der Waals surface area contributed by atoms with E-state index in [1.54, 1.807) is 12.5 Å². The van der Waals surface area contributed by atoms with Gasteiger partial charge in [0.15, 0.2) is 11.5 Å². The van der Waals surface area contributed by atoms with Gasteiger partial charge >= 0.3 is 7.12 Å². The molecule has 0 saturated carbocycles. The van der Waals surface area contributed by atoms with Crippen LogP contribution in [-0.4, -0.2) is 30.3 Å². The van der Waals surface area contributed by atoms with Gasteiger partial charge in [0, 0.05) is 24.3 Å². The minimum atomic E-state index is -0.766. The van der Waals surface area contributed by atoms with Gasteiger partial charge in [-0.3, -0.25) is 4.98 Å². The summed E-state index contributed by atoms with van der Waals surface area (Å²) in [6, 6.07) is 7.95. The number of pyridine rings is 1. The fourth-order valence-electron chi connectivity index (χ4n) is 2.69. The molecular weight excluding hydrogens is 317 g/mol. The number of hydrogen-bond donors (Lipinski definition) is 1. The first-order valence-electron chi connectivity index (χ1n) is 8.59. The summed E-state index contributed by atoms with van der Waals surface area (Å²) in [5, 5.41) is 9.52. The summed E-state index contributed by atoms with van der Waals surface area (Å²) in [5.74, 6) is 1.49. The number of allylic oxidation sites excluding steroid dienone is 1. The molecule has 25 heavy (non-hydrogen) atoms. The van der Waals surface area contributed by atoms with Gasteiger partial charge in [0.2, 0.25) is 0 Å². The van der Waals surface area contributed by atoms with Gasteiger partial charge in [0.1, 0.15) is 0 Å². The third-order valence-corrected chi connectivity index (χ3v) is 3.91. The van der Waals surface area contributed by atoms with E-state index in [1.807, 2.05) is 37.4 Å². The van der Waals surface area contributed by atoms with E-state index in [2.05, 4.69) is 11.9 Å². The number of nitrogens with zero attached hydrogens (tertiary/aromatic N) is 1. The lowest BCUT2D eigenvalue weighted by Crippen LogP contribution is -2.08. The van der Waals surface area contributed by atoms with Crippen LogP contribution in [0.3, 0.4) is 0 Å². The van der Waals surface area contributed by atoms with Crippen LogP contribution in [0.5, 0.6) is 11.5 Å². The molecular formula is C19H22BNO4. The van der Waals surface area contributed by atoms with Crippen molar-refractivity contribution in [2.75, 3.05) is 13.2 Å². The molecule has 0 unspecified atom stereocenters. The molecule has 1 aromatic carbocycles. The van der Waals surface area contributed by atoms with E-state index in [-0.39, 0.29) is 0 Å². The van der Waals surface area contributed by atoms with Gasteiger partial charge in [0.25, 0.3) is 0 Å². The largest absolute Gasteiger partial charge is 0.542 e. The number of hydrogen-bond acceptors (Lipinski definition) is 5. The molecule has 0 bridgehead atoms. The van der Waals surface area contributed by atoms with Crippen LogP contribution in [0.15, 0.2) is 42.9 Å². The molecule has 6 heteroatoms. The van der Waals surface area contributed by atoms with Crippen LogP contribution < -0.4 is 9.47 Å². The number of benzene rings is 1. The molecule has 0 amide bonds. The average molecular weight is 339 g/mol. The minimum absolute atomic E-state index is 0.472. The molecule has 1 aliphatic rings. The van der Waals surface area contributed by atoms with E-state index in [4.69, 9.17) is 14.1 Å². The second kappa shape index (κ2) is 8.07. The van der Waals surface area contributed by atoms with E-state index < -0.39 is 7.12 Å². The second-order valence-electron chi connectivity index (χ2n) is 5.84. The Morgan fingerprint density at radius 3 is 2.64 bits per heavy atom. The maximum atomic E-state index is 9.52. The minimum Gasteiger partial charge on any atom is -0.542 e. The highest BCUT2D eigenvalue weighted by Crippen LogP contribution is 2.34. The van der Waals surface area contributed by atoms with Crippen LogP contribution in [0, 0.1) is 0 Å². The van der Waals surface area contributed by atoms with Crippen molar-refractivity contribution in [1.82, 2.24) is 4.98 Å². The molecule has 1 aliphatic heterocycles. The number of aromatic nitrogens is 1. The molecule has 0 spiro atoms. The molecule has 0 aliphatic carbocycles. The lowest BCUT2D eigenvalue weighted by molar-refractivity contribution is 0.277. The summed E-state index contributed by atoms with van der Waals surface area (Å²) in [4.78, 5) is 4.33. The highest BCUT2D eigenvalue weighted by atomic mass is 16.5. The van der Waals surface area contributed by atoms with Gasteiger partial charge in [-0.2, -0.15) is 0 Å². The summed E-state index contributed by atoms with van der Waals surface area (Å²) < 4.78 is 16.6. The van der Waals surface area contributed by atoms with Crippen molar-refractivity contribution in [3.05, 3.63) is 48.5 Å². The first-order chi connectivity index (χ1) is 12.2. The third kappa shape index (κ3) is 4.14. The standard InChI is InChI=1S/C19H22BNO4/c1-3-7-24-19-9-14(5-6-18(19)23-4-2)15-8-16(12-21-11-15)17-10-20(22)25-13-17/h5-6,8-9,11-13,22H,3-4,7,10H2,1-2H3. The molecule has 0 atom stereocenters. The van der Waals surface area contributed by atoms with Gasteiger partial charge in [-0.25, -0.2) is 0 Å². The van der Waals surface area contributed by atoms with Gasteiger partial charge in [-0.1, -0.05) is 13.0 Å². The van der Waals surface area contributed by atoms with E-state index in [0.717, 1.165) is 40.2 Å². The van der Waals surface area contributed by atoms with Gasteiger partial charge in [-0.15, -0.1) is 0 Å². The molecule has 130 valence electrons. The van der Waals surface area contributed by atoms with Crippen LogP contribution >= 0.6 is 0 Å². The zero-order valence-corrected chi connectivity index (χ0v) is 14.6. The second-order valence-corrected chi connectivity index (χ2v) is 5.84. The van der Waals surface area contributed by atoms with E-state index in [1.165, 1.54) is 0 Å². The molecule has 0 fully saturated rings. The summed E-state index contributed by atoms with van der Waals surface area (Å²) in [7, 11) is -0.766. The van der Waals surface area contributed by atoms with E-state index in [0.29, 0.717) is 19.5 Å². The maximum Gasteiger partial charge on any atom is 0.526 e. The van der Waals surface area contributed by atoms with Crippen molar-refractivity contribution in [2.45, 2.75) is 26.6 Å². The monoisotopic (exact) mass is 339 g/mol. The maximum absolute atomic E-state index is 9.52. The fraction of sp³-hybridized carbons (Fsp3) is 0.316. The molecule has 2 heterocycles. The molecule has 1 N–H and O–H groups in total. The predicted octanol–water partition coefficient (Wildman–Crippen LogP) is 3.79. The third-order valence-electron chi connectivity index (χ3n) is 3.91. The van der Waals surface area contributed by atoms with Crippen molar-refractivity contribution in [3.8, 4) is 22.6 Å². The molecule has 0 radical (unpaired) electrons. The van der Waals surface area contributed by atoms with Crippen molar-refractivity contribution in [2.24, 2.45) is 0 Å². The predicted molar refractivity (Wildman–Crippen MR) is 98.5 cm³/mol. The Morgan fingerprint density at radius 2 is 1.92 bits per heavy atom. The normalized spacial score (nSPS) is 13.4. The Morgan fingerprint density at radius 1 is 1.08 bits per heavy atom. The Kier molecular flexibility index (Phi) is 5.61. The number of rotatable bonds is 7. The molecule has 0 saturated heterocycles. The lowest BCUT2D eigenvalue weighted by Gasteiger charge is -2.13. The number of ether oxygens (including phenoxy) is 2. The summed E-state index contributed by atoms with van der Waals surface area (Å²) in [6.07, 6.45) is 6.59. The fourth-order valence-corrected chi connectivity index (χ4v) is 2.69. The highest BCUT2D eigenvalue weighted by Gasteiger charge is 2.24. The van der Waals surface area contributed by atoms with Crippen LogP contribution in [-0.2, 0) is 4.65 Å². The molecule has 3 rings (SSSR count). The lowest BCUT2D eigenvalue weighted by atomic mass is 9.82. The van der Waals surface area contributed by atoms with Gasteiger partial charge < -0.3 is 19.2 Å². The smallest absolute Gasteiger partial charge is 0.526 e. The SMILES string of the molecule is CCCOc1cc(-c2cncc(C3=COB(O)C3)c2)ccc1OCC. The van der Waals surface area contributed by atoms with E-state index in [9.17, 15) is 5.02 Å². The van der Waals surface area contributed by atoms with E-state index >= 15 is 0 Å². The topological polar surface area (TPSA) is 60.8 Å². The highest BCUT2D eigenvalue weighted by molar-refractivity contribution is 6.47. The van der Waals surface area contributed by atoms with Crippen LogP contribution in [0.25, 0.3) is 16.7 Å². The molecule has 5 nitrogen and oxygen atoms in total. The van der Waals surface area contributed by atoms with Crippen molar-refractivity contribution in [3.63, 3.8) is 0 Å². The van der Waals surface area contributed by atoms with Crippen molar-refractivity contribution < 1.29 is 19.2 Å². The van der Waals surface area contributed by atoms with Gasteiger partial charge in [-0.05, 0) is 48.2 Å². The zero-order valence-electron chi connectivity index (χ0n) is 14.6. The first kappa shape index (κ1) is 17.4. The average Bonchev–Trinajstić information content (AvgIpc) is 3.08. The summed E-state index contributed by atoms with van der Waals surface area (Å²) in [6.45, 7) is 5.26.